The lowest BCUT2D eigenvalue weighted by atomic mass is 9.76. The van der Waals surface area contributed by atoms with Crippen LogP contribution < -0.4 is 11.1 Å². The Morgan fingerprint density at radius 1 is 0.950 bits per heavy atom. The highest BCUT2D eigenvalue weighted by Gasteiger charge is 2.28. The summed E-state index contributed by atoms with van der Waals surface area (Å²) in [6.07, 6.45) is 0.771. The molecule has 1 aromatic heterocycles. The van der Waals surface area contributed by atoms with Crippen LogP contribution in [0.3, 0.4) is 0 Å². The van der Waals surface area contributed by atoms with E-state index in [0.717, 1.165) is 17.5 Å². The Labute approximate surface area is 121 Å². The molecule has 112 valence electrons. The average Bonchev–Trinajstić information content (AvgIpc) is 2.38. The molecule has 20 heavy (non-hydrogen) atoms. The summed E-state index contributed by atoms with van der Waals surface area (Å²) in [6, 6.07) is 3.36. The summed E-state index contributed by atoms with van der Waals surface area (Å²) >= 11 is 0. The van der Waals surface area contributed by atoms with Gasteiger partial charge in [0.2, 0.25) is 0 Å². The van der Waals surface area contributed by atoms with Crippen molar-refractivity contribution in [2.24, 2.45) is 0 Å². The lowest BCUT2D eigenvalue weighted by molar-refractivity contribution is 0.516. The van der Waals surface area contributed by atoms with Crippen LogP contribution >= 0.6 is 0 Å². The van der Waals surface area contributed by atoms with E-state index in [1.165, 1.54) is 10.6 Å². The monoisotopic (exact) mass is 277 g/mol. The molecule has 0 fully saturated rings. The molecule has 0 radical (unpaired) electrons. The van der Waals surface area contributed by atoms with E-state index in [1.54, 1.807) is 0 Å². The Hall–Kier alpha value is -1.38. The minimum atomic E-state index is -0.291. The Morgan fingerprint density at radius 3 is 1.90 bits per heavy atom. The van der Waals surface area contributed by atoms with Gasteiger partial charge < -0.3 is 0 Å². The van der Waals surface area contributed by atoms with Crippen LogP contribution in [-0.2, 0) is 17.4 Å². The largest absolute Gasteiger partial charge is 0.275 e. The average molecular weight is 277 g/mol. The van der Waals surface area contributed by atoms with Crippen LogP contribution in [0.4, 0.5) is 0 Å². The number of rotatable bonds is 2. The van der Waals surface area contributed by atoms with Crippen molar-refractivity contribution in [3.8, 4) is 0 Å². The fourth-order valence-electron chi connectivity index (χ4n) is 2.46. The van der Waals surface area contributed by atoms with Crippen LogP contribution in [0.15, 0.2) is 21.7 Å². The third-order valence-electron chi connectivity index (χ3n) is 3.39. The van der Waals surface area contributed by atoms with Crippen molar-refractivity contribution in [3.63, 3.8) is 0 Å². The predicted octanol–water partition coefficient (Wildman–Crippen LogP) is 3.21. The molecule has 1 aromatic rings. The van der Waals surface area contributed by atoms with Gasteiger partial charge in [-0.25, -0.2) is 0 Å². The molecule has 0 N–H and O–H groups in total. The normalized spacial score (nSPS) is 12.6. The van der Waals surface area contributed by atoms with Gasteiger partial charge in [-0.1, -0.05) is 54.5 Å². The fraction of sp³-hybridized carbons (Fsp3) is 0.647. The number of nitrogens with zero attached hydrogens (tertiary/aromatic N) is 1. The maximum absolute atomic E-state index is 12.9. The summed E-state index contributed by atoms with van der Waals surface area (Å²) in [5, 5.41) is 0. The van der Waals surface area contributed by atoms with E-state index in [1.807, 2.05) is 33.8 Å². The van der Waals surface area contributed by atoms with Crippen LogP contribution in [-0.4, -0.2) is 4.57 Å². The highest BCUT2D eigenvalue weighted by atomic mass is 16.2. The first-order valence-electron chi connectivity index (χ1n) is 7.29. The van der Waals surface area contributed by atoms with Crippen molar-refractivity contribution in [1.29, 1.82) is 0 Å². The Morgan fingerprint density at radius 2 is 1.50 bits per heavy atom. The molecule has 3 nitrogen and oxygen atoms in total. The summed E-state index contributed by atoms with van der Waals surface area (Å²) in [4.78, 5) is 25.0. The van der Waals surface area contributed by atoms with Gasteiger partial charge in [0.15, 0.2) is 0 Å². The van der Waals surface area contributed by atoms with E-state index < -0.39 is 0 Å². The smallest absolute Gasteiger partial charge is 0.257 e. The molecule has 0 spiro atoms. The molecule has 0 aromatic carbocycles. The molecule has 0 aliphatic carbocycles. The van der Waals surface area contributed by atoms with E-state index in [0.29, 0.717) is 6.54 Å². The zero-order valence-electron chi connectivity index (χ0n) is 13.8. The number of hydrogen-bond acceptors (Lipinski definition) is 2. The Balaban J connectivity index is 3.94. The van der Waals surface area contributed by atoms with Crippen molar-refractivity contribution >= 4 is 0 Å². The second-order valence-electron chi connectivity index (χ2n) is 7.42. The standard InChI is InChI=1S/C17H27NO2/c1-8-11-18-13(19)10-9-12(16(2,3)4)14(15(18)20)17(5,6)7/h9-10H,8,11H2,1-7H3. The number of aromatic nitrogens is 1. The minimum absolute atomic E-state index is 0.140. The Kier molecular flexibility index (Phi) is 4.62. The van der Waals surface area contributed by atoms with Gasteiger partial charge in [-0.2, -0.15) is 0 Å². The molecule has 0 saturated heterocycles. The van der Waals surface area contributed by atoms with Crippen molar-refractivity contribution in [2.75, 3.05) is 0 Å². The van der Waals surface area contributed by atoms with Gasteiger partial charge in [-0.05, 0) is 22.8 Å². The van der Waals surface area contributed by atoms with Gasteiger partial charge in [0.05, 0.1) is 0 Å². The molecule has 0 saturated carbocycles. The van der Waals surface area contributed by atoms with Crippen LogP contribution in [0.2, 0.25) is 0 Å². The molecule has 0 aliphatic rings. The summed E-state index contributed by atoms with van der Waals surface area (Å²) in [5.41, 5.74) is 0.900. The van der Waals surface area contributed by atoms with E-state index in [9.17, 15) is 9.59 Å². The molecule has 3 heteroatoms. The first kappa shape index (κ1) is 16.7. The fourth-order valence-corrected chi connectivity index (χ4v) is 2.46. The first-order chi connectivity index (χ1) is 9.00. The van der Waals surface area contributed by atoms with Crippen molar-refractivity contribution < 1.29 is 0 Å². The van der Waals surface area contributed by atoms with Gasteiger partial charge in [0, 0.05) is 18.2 Å². The zero-order chi connectivity index (χ0) is 15.7. The van der Waals surface area contributed by atoms with Crippen LogP contribution in [0.1, 0.15) is 66.0 Å². The summed E-state index contributed by atoms with van der Waals surface area (Å²) in [5.74, 6) is 0. The van der Waals surface area contributed by atoms with Gasteiger partial charge >= 0.3 is 0 Å². The summed E-state index contributed by atoms with van der Waals surface area (Å²) in [7, 11) is 0. The lowest BCUT2D eigenvalue weighted by Gasteiger charge is -2.27. The maximum Gasteiger partial charge on any atom is 0.257 e. The van der Waals surface area contributed by atoms with Crippen molar-refractivity contribution in [1.82, 2.24) is 4.57 Å². The molecular weight excluding hydrogens is 250 g/mol. The molecule has 0 atom stereocenters. The van der Waals surface area contributed by atoms with Crippen molar-refractivity contribution in [3.05, 3.63) is 44.0 Å². The molecule has 0 aliphatic heterocycles. The van der Waals surface area contributed by atoms with Gasteiger partial charge in [-0.15, -0.1) is 0 Å². The van der Waals surface area contributed by atoms with Gasteiger partial charge in [0.25, 0.3) is 11.1 Å². The highest BCUT2D eigenvalue weighted by molar-refractivity contribution is 5.35. The lowest BCUT2D eigenvalue weighted by Crippen LogP contribution is -2.36. The molecule has 1 rings (SSSR count). The second-order valence-corrected chi connectivity index (χ2v) is 7.42. The first-order valence-corrected chi connectivity index (χ1v) is 7.29. The zero-order valence-corrected chi connectivity index (χ0v) is 13.8. The molecule has 0 unspecified atom stereocenters. The highest BCUT2D eigenvalue weighted by Crippen LogP contribution is 2.30. The molecular formula is C17H27NO2. The van der Waals surface area contributed by atoms with Crippen LogP contribution in [0.25, 0.3) is 0 Å². The van der Waals surface area contributed by atoms with E-state index in [-0.39, 0.29) is 21.9 Å². The Bertz CT molecular complexity index is 598. The summed E-state index contributed by atoms with van der Waals surface area (Å²) < 4.78 is 1.37. The topological polar surface area (TPSA) is 39.1 Å². The third-order valence-corrected chi connectivity index (χ3v) is 3.39. The van der Waals surface area contributed by atoms with Crippen molar-refractivity contribution in [2.45, 2.75) is 72.3 Å². The van der Waals surface area contributed by atoms with E-state index in [4.69, 9.17) is 0 Å². The second kappa shape index (κ2) is 5.55. The molecule has 0 bridgehead atoms. The van der Waals surface area contributed by atoms with E-state index >= 15 is 0 Å². The molecule has 0 amide bonds. The van der Waals surface area contributed by atoms with Crippen LogP contribution in [0.5, 0.6) is 0 Å². The maximum atomic E-state index is 12.9. The third kappa shape index (κ3) is 3.38. The van der Waals surface area contributed by atoms with Gasteiger partial charge in [0.1, 0.15) is 0 Å². The quantitative estimate of drug-likeness (QED) is 0.832. The summed E-state index contributed by atoms with van der Waals surface area (Å²) in [6.45, 7) is 14.8. The predicted molar refractivity (Wildman–Crippen MR) is 84.7 cm³/mol. The van der Waals surface area contributed by atoms with E-state index in [2.05, 4.69) is 20.8 Å². The number of hydrogen-bond donors (Lipinski definition) is 0. The molecule has 1 heterocycles. The van der Waals surface area contributed by atoms with Gasteiger partial charge in [-0.3, -0.25) is 14.2 Å². The minimum Gasteiger partial charge on any atom is -0.275 e. The van der Waals surface area contributed by atoms with Crippen LogP contribution in [0, 0.1) is 0 Å². The SMILES string of the molecule is CCCn1c(=O)ccc(C(C)(C)C)c(C(C)(C)C)c1=O.